The van der Waals surface area contributed by atoms with Crippen LogP contribution in [0, 0.1) is 0 Å². The molecule has 6 heteroatoms. The summed E-state index contributed by atoms with van der Waals surface area (Å²) in [5, 5.41) is 5.40. The molecule has 1 fully saturated rings. The first-order chi connectivity index (χ1) is 10.3. The fourth-order valence-corrected chi connectivity index (χ4v) is 3.03. The molecule has 0 radical (unpaired) electrons. The highest BCUT2D eigenvalue weighted by Crippen LogP contribution is 2.30. The van der Waals surface area contributed by atoms with Crippen molar-refractivity contribution in [2.75, 3.05) is 23.7 Å². The monoisotopic (exact) mass is 283 g/mol. The Morgan fingerprint density at radius 1 is 1.19 bits per heavy atom. The maximum absolute atomic E-state index is 5.69. The van der Waals surface area contributed by atoms with Crippen molar-refractivity contribution in [1.82, 2.24) is 14.8 Å². The summed E-state index contributed by atoms with van der Waals surface area (Å²) in [5.74, 6) is 1.60. The van der Waals surface area contributed by atoms with E-state index in [9.17, 15) is 0 Å². The van der Waals surface area contributed by atoms with Crippen molar-refractivity contribution in [2.24, 2.45) is 0 Å². The minimum atomic E-state index is 0.419. The van der Waals surface area contributed by atoms with Crippen LogP contribution in [0.1, 0.15) is 18.9 Å². The smallest absolute Gasteiger partial charge is 0.145 e. The first-order valence-corrected chi connectivity index (χ1v) is 7.19. The molecule has 0 aliphatic carbocycles. The third-order valence-corrected chi connectivity index (χ3v) is 4.13. The first-order valence-electron chi connectivity index (χ1n) is 7.19. The predicted octanol–water partition coefficient (Wildman–Crippen LogP) is 2.45. The largest absolute Gasteiger partial charge is 0.464 e. The zero-order valence-corrected chi connectivity index (χ0v) is 11.6. The highest BCUT2D eigenvalue weighted by atomic mass is 16.3. The molecule has 4 heterocycles. The van der Waals surface area contributed by atoms with E-state index in [2.05, 4.69) is 15.0 Å². The van der Waals surface area contributed by atoms with Crippen LogP contribution in [-0.4, -0.2) is 27.9 Å². The quantitative estimate of drug-likeness (QED) is 0.782. The van der Waals surface area contributed by atoms with E-state index in [1.807, 2.05) is 29.1 Å². The van der Waals surface area contributed by atoms with Crippen LogP contribution in [0.4, 0.5) is 11.6 Å². The van der Waals surface area contributed by atoms with Crippen molar-refractivity contribution in [1.29, 1.82) is 0 Å². The van der Waals surface area contributed by atoms with E-state index in [1.54, 1.807) is 12.5 Å². The van der Waals surface area contributed by atoms with Crippen molar-refractivity contribution in [3.8, 4) is 0 Å². The van der Waals surface area contributed by atoms with Gasteiger partial charge in [-0.25, -0.2) is 4.98 Å². The number of nitrogens with zero attached hydrogens (tertiary/aromatic N) is 4. The third-order valence-electron chi connectivity index (χ3n) is 4.13. The van der Waals surface area contributed by atoms with E-state index in [0.717, 1.165) is 42.7 Å². The second-order valence-corrected chi connectivity index (χ2v) is 5.41. The number of hydrogen-bond acceptors (Lipinski definition) is 5. The number of furan rings is 1. The summed E-state index contributed by atoms with van der Waals surface area (Å²) in [7, 11) is 0. The number of piperidine rings is 1. The van der Waals surface area contributed by atoms with Crippen LogP contribution in [-0.2, 0) is 0 Å². The second kappa shape index (κ2) is 4.80. The van der Waals surface area contributed by atoms with Gasteiger partial charge in [-0.15, -0.1) is 0 Å². The fourth-order valence-electron chi connectivity index (χ4n) is 3.03. The highest BCUT2D eigenvalue weighted by Gasteiger charge is 2.23. The van der Waals surface area contributed by atoms with Crippen molar-refractivity contribution in [2.45, 2.75) is 18.9 Å². The first kappa shape index (κ1) is 12.3. The molecule has 0 atom stereocenters. The lowest BCUT2D eigenvalue weighted by Crippen LogP contribution is -2.35. The Hall–Kier alpha value is -2.50. The van der Waals surface area contributed by atoms with Gasteiger partial charge in [-0.05, 0) is 31.0 Å². The molecule has 1 aliphatic heterocycles. The van der Waals surface area contributed by atoms with Gasteiger partial charge in [0.05, 0.1) is 17.7 Å². The van der Waals surface area contributed by atoms with Crippen LogP contribution in [0.25, 0.3) is 11.0 Å². The lowest BCUT2D eigenvalue weighted by molar-refractivity contribution is 0.367. The topological polar surface area (TPSA) is 73.1 Å². The molecule has 4 rings (SSSR count). The summed E-state index contributed by atoms with van der Waals surface area (Å²) in [6, 6.07) is 6.15. The van der Waals surface area contributed by atoms with E-state index in [-0.39, 0.29) is 0 Å². The Morgan fingerprint density at radius 3 is 2.81 bits per heavy atom. The number of rotatable bonds is 2. The van der Waals surface area contributed by atoms with Crippen LogP contribution < -0.4 is 10.6 Å². The van der Waals surface area contributed by atoms with Gasteiger partial charge in [0.1, 0.15) is 17.2 Å². The van der Waals surface area contributed by atoms with E-state index in [0.29, 0.717) is 11.9 Å². The molecule has 108 valence electrons. The van der Waals surface area contributed by atoms with Gasteiger partial charge in [-0.2, -0.15) is 5.10 Å². The summed E-state index contributed by atoms with van der Waals surface area (Å²) < 4.78 is 7.43. The maximum Gasteiger partial charge on any atom is 0.145 e. The number of hydrogen-bond donors (Lipinski definition) is 1. The predicted molar refractivity (Wildman–Crippen MR) is 81.1 cm³/mol. The minimum Gasteiger partial charge on any atom is -0.464 e. The van der Waals surface area contributed by atoms with E-state index < -0.39 is 0 Å². The zero-order valence-electron chi connectivity index (χ0n) is 11.6. The Balaban J connectivity index is 1.53. The molecule has 0 spiro atoms. The Kier molecular flexibility index (Phi) is 2.80. The Labute approximate surface area is 122 Å². The van der Waals surface area contributed by atoms with E-state index in [1.165, 1.54) is 0 Å². The van der Waals surface area contributed by atoms with Crippen LogP contribution in [0.5, 0.6) is 0 Å². The highest BCUT2D eigenvalue weighted by molar-refractivity contribution is 5.88. The van der Waals surface area contributed by atoms with Crippen molar-refractivity contribution < 1.29 is 4.42 Å². The summed E-state index contributed by atoms with van der Waals surface area (Å²) in [4.78, 5) is 6.85. The standard InChI is InChI=1S/C15H17N5O/c16-14-4-9-20(18-14)11-2-7-19(8-3-11)15-12-5-10-21-13(12)1-6-17-15/h1,4-6,9-11H,2-3,7-8H2,(H2,16,18). The van der Waals surface area contributed by atoms with E-state index >= 15 is 0 Å². The van der Waals surface area contributed by atoms with Crippen LogP contribution in [0.15, 0.2) is 41.3 Å². The van der Waals surface area contributed by atoms with Crippen LogP contribution in [0.2, 0.25) is 0 Å². The molecular formula is C15H17N5O. The summed E-state index contributed by atoms with van der Waals surface area (Å²) >= 11 is 0. The molecule has 3 aromatic heterocycles. The van der Waals surface area contributed by atoms with Gasteiger partial charge < -0.3 is 15.1 Å². The molecule has 0 bridgehead atoms. The number of nitrogens with two attached hydrogens (primary N) is 1. The number of pyridine rings is 1. The molecular weight excluding hydrogens is 266 g/mol. The van der Waals surface area contributed by atoms with Crippen molar-refractivity contribution >= 4 is 22.6 Å². The number of anilines is 2. The van der Waals surface area contributed by atoms with Gasteiger partial charge in [0.2, 0.25) is 0 Å². The normalized spacial score (nSPS) is 16.7. The van der Waals surface area contributed by atoms with Crippen LogP contribution >= 0.6 is 0 Å². The molecule has 3 aromatic rings. The third kappa shape index (κ3) is 2.12. The molecule has 0 aromatic carbocycles. The maximum atomic E-state index is 5.69. The number of nitrogen functional groups attached to an aromatic ring is 1. The average molecular weight is 283 g/mol. The SMILES string of the molecule is Nc1ccn(C2CCN(c3nccc4occc34)CC2)n1. The Bertz CT molecular complexity index is 754. The molecule has 0 unspecified atom stereocenters. The summed E-state index contributed by atoms with van der Waals surface area (Å²) in [6.45, 7) is 1.92. The minimum absolute atomic E-state index is 0.419. The fraction of sp³-hybridized carbons (Fsp3) is 0.333. The average Bonchev–Trinajstić information content (AvgIpc) is 3.15. The molecule has 6 nitrogen and oxygen atoms in total. The van der Waals surface area contributed by atoms with E-state index in [4.69, 9.17) is 10.2 Å². The van der Waals surface area contributed by atoms with Gasteiger partial charge >= 0.3 is 0 Å². The summed E-state index contributed by atoms with van der Waals surface area (Å²) in [6.07, 6.45) is 7.56. The van der Waals surface area contributed by atoms with Crippen molar-refractivity contribution in [3.63, 3.8) is 0 Å². The second-order valence-electron chi connectivity index (χ2n) is 5.41. The molecule has 0 saturated carbocycles. The lowest BCUT2D eigenvalue weighted by atomic mass is 10.0. The summed E-state index contributed by atoms with van der Waals surface area (Å²) in [5.41, 5.74) is 6.58. The Morgan fingerprint density at radius 2 is 2.05 bits per heavy atom. The molecule has 1 saturated heterocycles. The van der Waals surface area contributed by atoms with Gasteiger partial charge in [-0.1, -0.05) is 0 Å². The number of aromatic nitrogens is 3. The number of fused-ring (bicyclic) bond motifs is 1. The molecule has 21 heavy (non-hydrogen) atoms. The van der Waals surface area contributed by atoms with Crippen LogP contribution in [0.3, 0.4) is 0 Å². The van der Waals surface area contributed by atoms with Gasteiger partial charge in [-0.3, -0.25) is 4.68 Å². The van der Waals surface area contributed by atoms with Gasteiger partial charge in [0.25, 0.3) is 0 Å². The van der Waals surface area contributed by atoms with Gasteiger partial charge in [0, 0.05) is 25.5 Å². The molecule has 2 N–H and O–H groups in total. The van der Waals surface area contributed by atoms with Gasteiger partial charge in [0.15, 0.2) is 0 Å². The zero-order chi connectivity index (χ0) is 14.2. The van der Waals surface area contributed by atoms with Crippen molar-refractivity contribution in [3.05, 3.63) is 36.9 Å². The molecule has 0 amide bonds. The molecule has 1 aliphatic rings. The lowest BCUT2D eigenvalue weighted by Gasteiger charge is -2.33.